The zero-order valence-corrected chi connectivity index (χ0v) is 12.2. The van der Waals surface area contributed by atoms with Crippen molar-refractivity contribution in [2.75, 3.05) is 19.7 Å². The summed E-state index contributed by atoms with van der Waals surface area (Å²) in [4.78, 5) is 14.0. The zero-order valence-electron chi connectivity index (χ0n) is 12.2. The Kier molecular flexibility index (Phi) is 3.95. The third-order valence-electron chi connectivity index (χ3n) is 4.36. The van der Waals surface area contributed by atoms with Crippen LogP contribution in [-0.4, -0.2) is 30.5 Å². The number of carbonyl (C=O) groups is 1. The van der Waals surface area contributed by atoms with Crippen molar-refractivity contribution in [1.82, 2.24) is 4.90 Å². The second-order valence-corrected chi connectivity index (χ2v) is 6.17. The molecule has 1 aromatic rings. The summed E-state index contributed by atoms with van der Waals surface area (Å²) in [7, 11) is 0. The van der Waals surface area contributed by atoms with E-state index in [1.54, 1.807) is 0 Å². The average molecular weight is 273 g/mol. The number of aryl methyl sites for hydroxylation is 1. The summed E-state index contributed by atoms with van der Waals surface area (Å²) in [6.07, 6.45) is 4.36. The molecule has 0 N–H and O–H groups in total. The molecule has 3 nitrogen and oxygen atoms in total. The second kappa shape index (κ2) is 5.86. The zero-order chi connectivity index (χ0) is 13.9. The summed E-state index contributed by atoms with van der Waals surface area (Å²) < 4.78 is 5.85. The van der Waals surface area contributed by atoms with Crippen LogP contribution >= 0.6 is 0 Å². The number of ether oxygens (including phenoxy) is 1. The monoisotopic (exact) mass is 273 g/mol. The van der Waals surface area contributed by atoms with Gasteiger partial charge in [0.15, 0.2) is 0 Å². The standard InChI is InChI=1S/C17H23NO2/c1-13-2-6-16(7-3-13)20-12-14-8-10-18(11-9-14)17(19)15-4-5-15/h2-3,6-7,14-15H,4-5,8-12H2,1H3. The first-order chi connectivity index (χ1) is 9.72. The van der Waals surface area contributed by atoms with E-state index < -0.39 is 0 Å². The number of hydrogen-bond acceptors (Lipinski definition) is 2. The van der Waals surface area contributed by atoms with E-state index in [0.717, 1.165) is 51.1 Å². The van der Waals surface area contributed by atoms with Gasteiger partial charge in [-0.25, -0.2) is 0 Å². The molecule has 1 aliphatic heterocycles. The molecule has 0 atom stereocenters. The third-order valence-corrected chi connectivity index (χ3v) is 4.36. The fraction of sp³-hybridized carbons (Fsp3) is 0.588. The number of amides is 1. The lowest BCUT2D eigenvalue weighted by Gasteiger charge is -2.32. The summed E-state index contributed by atoms with van der Waals surface area (Å²) in [5.74, 6) is 2.28. The number of rotatable bonds is 4. The molecule has 3 heteroatoms. The van der Waals surface area contributed by atoms with Crippen molar-refractivity contribution in [2.24, 2.45) is 11.8 Å². The number of benzene rings is 1. The van der Waals surface area contributed by atoms with Crippen molar-refractivity contribution in [3.05, 3.63) is 29.8 Å². The molecule has 1 heterocycles. The van der Waals surface area contributed by atoms with E-state index >= 15 is 0 Å². The van der Waals surface area contributed by atoms with Crippen molar-refractivity contribution in [2.45, 2.75) is 32.6 Å². The molecule has 0 spiro atoms. The summed E-state index contributed by atoms with van der Waals surface area (Å²) in [6, 6.07) is 8.21. The normalized spacial score (nSPS) is 19.9. The first kappa shape index (κ1) is 13.5. The highest BCUT2D eigenvalue weighted by Crippen LogP contribution is 2.32. The molecule has 1 aromatic carbocycles. The fourth-order valence-electron chi connectivity index (χ4n) is 2.76. The number of likely N-dealkylation sites (tertiary alicyclic amines) is 1. The summed E-state index contributed by atoms with van der Waals surface area (Å²) in [6.45, 7) is 4.68. The van der Waals surface area contributed by atoms with E-state index in [0.29, 0.717) is 17.7 Å². The first-order valence-electron chi connectivity index (χ1n) is 7.70. The van der Waals surface area contributed by atoms with Gasteiger partial charge in [0.25, 0.3) is 0 Å². The Morgan fingerprint density at radius 2 is 1.80 bits per heavy atom. The minimum absolute atomic E-state index is 0.357. The number of piperidine rings is 1. The van der Waals surface area contributed by atoms with Crippen molar-refractivity contribution in [1.29, 1.82) is 0 Å². The van der Waals surface area contributed by atoms with Crippen LogP contribution in [0, 0.1) is 18.8 Å². The van der Waals surface area contributed by atoms with Gasteiger partial charge in [0.05, 0.1) is 6.61 Å². The molecule has 0 bridgehead atoms. The van der Waals surface area contributed by atoms with Gasteiger partial charge in [-0.2, -0.15) is 0 Å². The predicted molar refractivity (Wildman–Crippen MR) is 78.7 cm³/mol. The molecule has 2 aliphatic rings. The van der Waals surface area contributed by atoms with Gasteiger partial charge in [-0.05, 0) is 50.7 Å². The van der Waals surface area contributed by atoms with Crippen molar-refractivity contribution < 1.29 is 9.53 Å². The highest BCUT2D eigenvalue weighted by atomic mass is 16.5. The Morgan fingerprint density at radius 1 is 1.15 bits per heavy atom. The Morgan fingerprint density at radius 3 is 2.40 bits per heavy atom. The molecule has 1 aliphatic carbocycles. The van der Waals surface area contributed by atoms with Gasteiger partial charge in [-0.15, -0.1) is 0 Å². The molecule has 0 radical (unpaired) electrons. The van der Waals surface area contributed by atoms with Gasteiger partial charge in [-0.1, -0.05) is 17.7 Å². The Labute approximate surface area is 120 Å². The van der Waals surface area contributed by atoms with E-state index in [2.05, 4.69) is 24.0 Å². The minimum Gasteiger partial charge on any atom is -0.493 e. The number of hydrogen-bond donors (Lipinski definition) is 0. The van der Waals surface area contributed by atoms with Crippen molar-refractivity contribution in [3.63, 3.8) is 0 Å². The Bertz CT molecular complexity index is 456. The molecule has 108 valence electrons. The van der Waals surface area contributed by atoms with E-state index in [9.17, 15) is 4.79 Å². The Hall–Kier alpha value is -1.51. The minimum atomic E-state index is 0.357. The largest absolute Gasteiger partial charge is 0.493 e. The van der Waals surface area contributed by atoms with E-state index in [-0.39, 0.29) is 0 Å². The molecule has 0 unspecified atom stereocenters. The lowest BCUT2D eigenvalue weighted by molar-refractivity contribution is -0.134. The Balaban J connectivity index is 1.42. The van der Waals surface area contributed by atoms with Crippen LogP contribution < -0.4 is 4.74 Å². The smallest absolute Gasteiger partial charge is 0.225 e. The van der Waals surface area contributed by atoms with E-state index in [1.807, 2.05) is 12.1 Å². The maximum atomic E-state index is 12.0. The van der Waals surface area contributed by atoms with Crippen LogP contribution in [0.4, 0.5) is 0 Å². The van der Waals surface area contributed by atoms with E-state index in [4.69, 9.17) is 4.74 Å². The highest BCUT2D eigenvalue weighted by Gasteiger charge is 2.34. The molecule has 2 fully saturated rings. The third kappa shape index (κ3) is 3.33. The van der Waals surface area contributed by atoms with Crippen molar-refractivity contribution >= 4 is 5.91 Å². The predicted octanol–water partition coefficient (Wildman–Crippen LogP) is 3.02. The van der Waals surface area contributed by atoms with Crippen LogP contribution in [0.15, 0.2) is 24.3 Å². The number of nitrogens with zero attached hydrogens (tertiary/aromatic N) is 1. The molecular formula is C17H23NO2. The second-order valence-electron chi connectivity index (χ2n) is 6.17. The lowest BCUT2D eigenvalue weighted by Crippen LogP contribution is -2.40. The molecule has 1 amide bonds. The maximum absolute atomic E-state index is 12.0. The van der Waals surface area contributed by atoms with Gasteiger partial charge < -0.3 is 9.64 Å². The summed E-state index contributed by atoms with van der Waals surface area (Å²) >= 11 is 0. The average Bonchev–Trinajstić information content (AvgIpc) is 3.31. The summed E-state index contributed by atoms with van der Waals surface area (Å²) in [5, 5.41) is 0. The van der Waals surface area contributed by atoms with Gasteiger partial charge in [0.2, 0.25) is 5.91 Å². The quantitative estimate of drug-likeness (QED) is 0.844. The molecule has 20 heavy (non-hydrogen) atoms. The van der Waals surface area contributed by atoms with Crippen LogP contribution in [0.1, 0.15) is 31.2 Å². The molecular weight excluding hydrogens is 250 g/mol. The van der Waals surface area contributed by atoms with Gasteiger partial charge >= 0.3 is 0 Å². The van der Waals surface area contributed by atoms with Crippen LogP contribution in [0.3, 0.4) is 0 Å². The van der Waals surface area contributed by atoms with Crippen molar-refractivity contribution in [3.8, 4) is 5.75 Å². The fourth-order valence-corrected chi connectivity index (χ4v) is 2.76. The van der Waals surface area contributed by atoms with Crippen LogP contribution in [0.25, 0.3) is 0 Å². The van der Waals surface area contributed by atoms with Crippen LogP contribution in [0.2, 0.25) is 0 Å². The van der Waals surface area contributed by atoms with Gasteiger partial charge in [0, 0.05) is 19.0 Å². The SMILES string of the molecule is Cc1ccc(OCC2CCN(C(=O)C3CC3)CC2)cc1. The maximum Gasteiger partial charge on any atom is 0.225 e. The lowest BCUT2D eigenvalue weighted by atomic mass is 9.97. The topological polar surface area (TPSA) is 29.5 Å². The number of carbonyl (C=O) groups excluding carboxylic acids is 1. The van der Waals surface area contributed by atoms with Crippen LogP contribution in [-0.2, 0) is 4.79 Å². The highest BCUT2D eigenvalue weighted by molar-refractivity contribution is 5.81. The molecule has 0 aromatic heterocycles. The first-order valence-corrected chi connectivity index (χ1v) is 7.70. The van der Waals surface area contributed by atoms with Gasteiger partial charge in [0.1, 0.15) is 5.75 Å². The van der Waals surface area contributed by atoms with E-state index in [1.165, 1.54) is 5.56 Å². The van der Waals surface area contributed by atoms with Gasteiger partial charge in [-0.3, -0.25) is 4.79 Å². The molecule has 1 saturated carbocycles. The van der Waals surface area contributed by atoms with Crippen LogP contribution in [0.5, 0.6) is 5.75 Å². The molecule has 1 saturated heterocycles. The summed E-state index contributed by atoms with van der Waals surface area (Å²) in [5.41, 5.74) is 1.25. The molecule has 3 rings (SSSR count).